The van der Waals surface area contributed by atoms with Gasteiger partial charge in [0, 0.05) is 23.3 Å². The van der Waals surface area contributed by atoms with E-state index >= 15 is 0 Å². The average Bonchev–Trinajstić information content (AvgIpc) is 3.33. The fraction of sp³-hybridized carbons (Fsp3) is 0.250. The number of carbonyl (C=O) groups excluding carboxylic acids is 1. The van der Waals surface area contributed by atoms with Crippen molar-refractivity contribution in [1.29, 1.82) is 0 Å². The minimum atomic E-state index is -0.436. The van der Waals surface area contributed by atoms with Crippen molar-refractivity contribution in [3.63, 3.8) is 0 Å². The standard InChI is InChI=1S/C20H16N4O5S/c1-11-6-13-7-16-17(29-10-28-16)8-15(13)19(12-2-4-14(5-3-12)24(26)27)22-23(11)20-21-18(25)9-30-20/h2-5,7-8,11H,6,9-10H2,1H3. The number of fused-ring (bicyclic) bond motifs is 2. The summed E-state index contributed by atoms with van der Waals surface area (Å²) in [6.07, 6.45) is 0.653. The van der Waals surface area contributed by atoms with Gasteiger partial charge in [-0.3, -0.25) is 14.9 Å². The Hall–Kier alpha value is -3.40. The Morgan fingerprint density at radius 1 is 1.20 bits per heavy atom. The van der Waals surface area contributed by atoms with Gasteiger partial charge in [-0.1, -0.05) is 11.8 Å². The number of hydrogen-bond acceptors (Lipinski definition) is 8. The minimum Gasteiger partial charge on any atom is -0.454 e. The smallest absolute Gasteiger partial charge is 0.269 e. The van der Waals surface area contributed by atoms with Crippen LogP contribution in [0.1, 0.15) is 23.6 Å². The lowest BCUT2D eigenvalue weighted by molar-refractivity contribution is -0.384. The number of aliphatic imine (C=N–C) groups is 1. The second kappa shape index (κ2) is 7.13. The zero-order valence-electron chi connectivity index (χ0n) is 15.9. The SMILES string of the molecule is CC1Cc2cc3c(cc2C(c2ccc([N+](=O)[O-])cc2)=NN1C1=NC(=O)CS1)OCO3. The van der Waals surface area contributed by atoms with Crippen molar-refractivity contribution in [2.24, 2.45) is 10.1 Å². The molecule has 0 aliphatic carbocycles. The van der Waals surface area contributed by atoms with Crippen LogP contribution in [0.15, 0.2) is 46.5 Å². The summed E-state index contributed by atoms with van der Waals surface area (Å²) in [6, 6.07) is 10.0. The van der Waals surface area contributed by atoms with Gasteiger partial charge in [0.15, 0.2) is 16.7 Å². The van der Waals surface area contributed by atoms with E-state index in [1.54, 1.807) is 17.1 Å². The molecule has 0 aromatic heterocycles. The maximum atomic E-state index is 11.7. The fourth-order valence-electron chi connectivity index (χ4n) is 3.64. The maximum Gasteiger partial charge on any atom is 0.269 e. The third-order valence-electron chi connectivity index (χ3n) is 5.09. The Labute approximate surface area is 175 Å². The summed E-state index contributed by atoms with van der Waals surface area (Å²) >= 11 is 1.35. The van der Waals surface area contributed by atoms with Crippen LogP contribution in [-0.4, -0.2) is 45.3 Å². The summed E-state index contributed by atoms with van der Waals surface area (Å²) < 4.78 is 11.1. The highest BCUT2D eigenvalue weighted by Crippen LogP contribution is 2.38. The predicted molar refractivity (Wildman–Crippen MR) is 111 cm³/mol. The van der Waals surface area contributed by atoms with E-state index < -0.39 is 4.92 Å². The van der Waals surface area contributed by atoms with Gasteiger partial charge in [-0.05, 0) is 43.2 Å². The Morgan fingerprint density at radius 3 is 2.60 bits per heavy atom. The summed E-state index contributed by atoms with van der Waals surface area (Å²) in [5.41, 5.74) is 3.23. The van der Waals surface area contributed by atoms with Crippen molar-refractivity contribution in [3.8, 4) is 11.5 Å². The molecule has 10 heteroatoms. The van der Waals surface area contributed by atoms with Crippen LogP contribution in [0.4, 0.5) is 5.69 Å². The number of thioether (sulfide) groups is 1. The fourth-order valence-corrected chi connectivity index (χ4v) is 4.48. The predicted octanol–water partition coefficient (Wildman–Crippen LogP) is 2.95. The molecule has 0 radical (unpaired) electrons. The number of amides is 1. The molecule has 3 aliphatic heterocycles. The van der Waals surface area contributed by atoms with Crippen LogP contribution in [-0.2, 0) is 11.2 Å². The molecule has 0 fully saturated rings. The topological polar surface area (TPSA) is 107 Å². The molecular weight excluding hydrogens is 408 g/mol. The van der Waals surface area contributed by atoms with Gasteiger partial charge in [0.25, 0.3) is 11.6 Å². The molecular formula is C20H16N4O5S. The highest BCUT2D eigenvalue weighted by atomic mass is 32.2. The molecule has 0 N–H and O–H groups in total. The molecule has 152 valence electrons. The van der Waals surface area contributed by atoms with Gasteiger partial charge in [-0.25, -0.2) is 5.01 Å². The first-order valence-electron chi connectivity index (χ1n) is 9.29. The van der Waals surface area contributed by atoms with E-state index in [4.69, 9.17) is 14.6 Å². The van der Waals surface area contributed by atoms with Crippen molar-refractivity contribution in [1.82, 2.24) is 5.01 Å². The molecule has 3 heterocycles. The van der Waals surface area contributed by atoms with Crippen LogP contribution in [0.3, 0.4) is 0 Å². The summed E-state index contributed by atoms with van der Waals surface area (Å²) in [4.78, 5) is 26.5. The maximum absolute atomic E-state index is 11.7. The number of benzene rings is 2. The van der Waals surface area contributed by atoms with Crippen molar-refractivity contribution < 1.29 is 19.2 Å². The van der Waals surface area contributed by atoms with Crippen molar-refractivity contribution in [3.05, 3.63) is 63.2 Å². The van der Waals surface area contributed by atoms with E-state index in [0.29, 0.717) is 34.6 Å². The highest BCUT2D eigenvalue weighted by Gasteiger charge is 2.31. The Morgan fingerprint density at radius 2 is 1.93 bits per heavy atom. The van der Waals surface area contributed by atoms with Gasteiger partial charge in [0.1, 0.15) is 0 Å². The number of carbonyl (C=O) groups is 1. The summed E-state index contributed by atoms with van der Waals surface area (Å²) in [6.45, 7) is 2.18. The molecule has 2 aromatic rings. The van der Waals surface area contributed by atoms with E-state index in [0.717, 1.165) is 16.7 Å². The average molecular weight is 424 g/mol. The number of nitrogens with zero attached hydrogens (tertiary/aromatic N) is 4. The lowest BCUT2D eigenvalue weighted by atomic mass is 9.94. The van der Waals surface area contributed by atoms with Crippen molar-refractivity contribution in [2.75, 3.05) is 12.5 Å². The lowest BCUT2D eigenvalue weighted by Gasteiger charge is -2.24. The first-order chi connectivity index (χ1) is 14.5. The minimum absolute atomic E-state index is 0.00502. The highest BCUT2D eigenvalue weighted by molar-refractivity contribution is 8.14. The van der Waals surface area contributed by atoms with Gasteiger partial charge in [0.2, 0.25) is 6.79 Å². The second-order valence-electron chi connectivity index (χ2n) is 7.09. The molecule has 2 aromatic carbocycles. The molecule has 0 spiro atoms. The normalized spacial score (nSPS) is 19.8. The first-order valence-corrected chi connectivity index (χ1v) is 10.3. The van der Waals surface area contributed by atoms with Gasteiger partial charge in [-0.2, -0.15) is 10.1 Å². The van der Waals surface area contributed by atoms with Crippen LogP contribution in [0.2, 0.25) is 0 Å². The number of amidine groups is 1. The molecule has 0 bridgehead atoms. The molecule has 0 saturated heterocycles. The third-order valence-corrected chi connectivity index (χ3v) is 6.01. The quantitative estimate of drug-likeness (QED) is 0.539. The van der Waals surface area contributed by atoms with E-state index in [-0.39, 0.29) is 24.4 Å². The summed E-state index contributed by atoms with van der Waals surface area (Å²) in [5, 5.41) is 18.2. The Kier molecular flexibility index (Phi) is 4.43. The second-order valence-corrected chi connectivity index (χ2v) is 8.03. The van der Waals surface area contributed by atoms with Crippen LogP contribution < -0.4 is 9.47 Å². The number of non-ortho nitro benzene ring substituents is 1. The number of nitro groups is 1. The Balaban J connectivity index is 1.67. The van der Waals surface area contributed by atoms with E-state index in [1.165, 1.54) is 23.9 Å². The van der Waals surface area contributed by atoms with Crippen molar-refractivity contribution in [2.45, 2.75) is 19.4 Å². The van der Waals surface area contributed by atoms with Crippen molar-refractivity contribution >= 4 is 34.2 Å². The number of nitro benzene ring substituents is 1. The van der Waals surface area contributed by atoms with E-state index in [9.17, 15) is 14.9 Å². The number of rotatable bonds is 2. The lowest BCUT2D eigenvalue weighted by Crippen LogP contribution is -2.33. The molecule has 3 aliphatic rings. The molecule has 30 heavy (non-hydrogen) atoms. The zero-order valence-corrected chi connectivity index (χ0v) is 16.7. The van der Waals surface area contributed by atoms with Crippen LogP contribution in [0.25, 0.3) is 0 Å². The zero-order chi connectivity index (χ0) is 20.8. The molecule has 9 nitrogen and oxygen atoms in total. The summed E-state index contributed by atoms with van der Waals surface area (Å²) in [7, 11) is 0. The molecule has 0 saturated carbocycles. The number of ether oxygens (including phenoxy) is 2. The number of hydrogen-bond donors (Lipinski definition) is 0. The molecule has 1 atom stereocenters. The van der Waals surface area contributed by atoms with Crippen LogP contribution in [0, 0.1) is 10.1 Å². The third kappa shape index (κ3) is 3.18. The van der Waals surface area contributed by atoms with Gasteiger partial charge in [0.05, 0.1) is 22.4 Å². The van der Waals surface area contributed by atoms with E-state index in [2.05, 4.69) is 4.99 Å². The van der Waals surface area contributed by atoms with Crippen LogP contribution in [0.5, 0.6) is 11.5 Å². The molecule has 1 unspecified atom stereocenters. The van der Waals surface area contributed by atoms with Crippen LogP contribution >= 0.6 is 11.8 Å². The molecule has 1 amide bonds. The Bertz CT molecular complexity index is 1130. The largest absolute Gasteiger partial charge is 0.454 e. The van der Waals surface area contributed by atoms with Gasteiger partial charge >= 0.3 is 0 Å². The molecule has 5 rings (SSSR count). The number of hydrazone groups is 1. The van der Waals surface area contributed by atoms with E-state index in [1.807, 2.05) is 19.1 Å². The van der Waals surface area contributed by atoms with Gasteiger partial charge in [-0.15, -0.1) is 0 Å². The first kappa shape index (κ1) is 18.6. The summed E-state index contributed by atoms with van der Waals surface area (Å²) in [5.74, 6) is 1.42. The van der Waals surface area contributed by atoms with Gasteiger partial charge < -0.3 is 9.47 Å². The monoisotopic (exact) mass is 424 g/mol.